The Labute approximate surface area is 150 Å². The Hall–Kier alpha value is -2.67. The summed E-state index contributed by atoms with van der Waals surface area (Å²) in [6.45, 7) is 1.78. The fraction of sp³-hybridized carbons (Fsp3) is 0.421. The summed E-state index contributed by atoms with van der Waals surface area (Å²) in [6, 6.07) is 9.51. The molecule has 1 atom stereocenters. The molecule has 134 valence electrons. The molecule has 1 aromatic carbocycles. The minimum Gasteiger partial charge on any atom is -0.386 e. The molecule has 1 aliphatic heterocycles. The number of aliphatic hydroxyl groups is 1. The van der Waals surface area contributed by atoms with Gasteiger partial charge in [-0.1, -0.05) is 17.3 Å². The summed E-state index contributed by atoms with van der Waals surface area (Å²) >= 11 is 0. The number of nitrogens with zero attached hydrogens (tertiary/aromatic N) is 4. The number of amides is 1. The Morgan fingerprint density at radius 3 is 3.00 bits per heavy atom. The van der Waals surface area contributed by atoms with Gasteiger partial charge in [0, 0.05) is 11.9 Å². The molecule has 5 rings (SSSR count). The van der Waals surface area contributed by atoms with Crippen LogP contribution in [0.5, 0.6) is 0 Å². The molecule has 2 aromatic heterocycles. The number of hydrogen-bond donors (Lipinski definition) is 1. The predicted octanol–water partition coefficient (Wildman–Crippen LogP) is 2.05. The van der Waals surface area contributed by atoms with Gasteiger partial charge >= 0.3 is 0 Å². The molecule has 0 spiro atoms. The standard InChI is InChI=1S/C19H20N4O3/c24-18(10-15-14-3-1-2-4-17(14)26-21-15)22-7-8-23-13(11-22)9-16(20-23)19(25)12-5-6-12/h1-4,9,12,19,25H,5-8,10-11H2. The molecule has 7 heteroatoms. The molecule has 3 aromatic rings. The van der Waals surface area contributed by atoms with Crippen molar-refractivity contribution in [1.29, 1.82) is 0 Å². The van der Waals surface area contributed by atoms with E-state index in [9.17, 15) is 9.90 Å². The van der Waals surface area contributed by atoms with E-state index in [0.717, 1.165) is 29.6 Å². The van der Waals surface area contributed by atoms with Crippen LogP contribution in [0.3, 0.4) is 0 Å². The van der Waals surface area contributed by atoms with Crippen molar-refractivity contribution in [2.75, 3.05) is 6.54 Å². The van der Waals surface area contributed by atoms with Crippen molar-refractivity contribution >= 4 is 16.9 Å². The van der Waals surface area contributed by atoms with Gasteiger partial charge in [0.05, 0.1) is 30.9 Å². The first kappa shape index (κ1) is 15.6. The van der Waals surface area contributed by atoms with Crippen molar-refractivity contribution in [2.24, 2.45) is 5.92 Å². The first-order valence-electron chi connectivity index (χ1n) is 9.05. The number of rotatable bonds is 4. The number of para-hydroxylation sites is 1. The number of benzene rings is 1. The normalized spacial score (nSPS) is 18.1. The molecular formula is C19H20N4O3. The predicted molar refractivity (Wildman–Crippen MR) is 93.0 cm³/mol. The van der Waals surface area contributed by atoms with Crippen molar-refractivity contribution in [2.45, 2.75) is 38.5 Å². The third kappa shape index (κ3) is 2.68. The van der Waals surface area contributed by atoms with Crippen molar-refractivity contribution in [3.8, 4) is 0 Å². The first-order chi connectivity index (χ1) is 12.7. The molecule has 0 bridgehead atoms. The fourth-order valence-corrected chi connectivity index (χ4v) is 3.62. The Balaban J connectivity index is 1.31. The minimum absolute atomic E-state index is 0.0285. The molecular weight excluding hydrogens is 332 g/mol. The fourth-order valence-electron chi connectivity index (χ4n) is 3.62. The molecule has 1 aliphatic carbocycles. The van der Waals surface area contributed by atoms with Crippen molar-refractivity contribution in [1.82, 2.24) is 19.8 Å². The maximum Gasteiger partial charge on any atom is 0.229 e. The minimum atomic E-state index is -0.473. The molecule has 1 saturated carbocycles. The van der Waals surface area contributed by atoms with Crippen LogP contribution in [0.4, 0.5) is 0 Å². The zero-order chi connectivity index (χ0) is 17.7. The van der Waals surface area contributed by atoms with Gasteiger partial charge < -0.3 is 14.5 Å². The lowest BCUT2D eigenvalue weighted by Crippen LogP contribution is -2.39. The SMILES string of the molecule is O=C(Cc1noc2ccccc12)N1CCn2nc(C(O)C3CC3)cc2C1. The van der Waals surface area contributed by atoms with Crippen LogP contribution in [0, 0.1) is 5.92 Å². The van der Waals surface area contributed by atoms with Gasteiger partial charge in [0.15, 0.2) is 5.58 Å². The zero-order valence-corrected chi connectivity index (χ0v) is 14.3. The van der Waals surface area contributed by atoms with E-state index in [-0.39, 0.29) is 12.3 Å². The average Bonchev–Trinajstić information content (AvgIpc) is 3.30. The molecule has 3 heterocycles. The summed E-state index contributed by atoms with van der Waals surface area (Å²) in [5, 5.41) is 19.7. The first-order valence-corrected chi connectivity index (χ1v) is 9.05. The van der Waals surface area contributed by atoms with Gasteiger partial charge in [-0.05, 0) is 37.0 Å². The number of aliphatic hydroxyl groups excluding tert-OH is 1. The van der Waals surface area contributed by atoms with Crippen molar-refractivity contribution < 1.29 is 14.4 Å². The molecule has 2 aliphatic rings. The maximum atomic E-state index is 12.7. The van der Waals surface area contributed by atoms with Gasteiger partial charge in [-0.15, -0.1) is 0 Å². The molecule has 0 saturated heterocycles. The molecule has 1 N–H and O–H groups in total. The molecule has 1 unspecified atom stereocenters. The summed E-state index contributed by atoms with van der Waals surface area (Å²) in [5.41, 5.74) is 3.09. The summed E-state index contributed by atoms with van der Waals surface area (Å²) in [4.78, 5) is 14.6. The second kappa shape index (κ2) is 5.95. The highest BCUT2D eigenvalue weighted by molar-refractivity contribution is 5.86. The monoisotopic (exact) mass is 352 g/mol. The quantitative estimate of drug-likeness (QED) is 0.777. The average molecular weight is 352 g/mol. The van der Waals surface area contributed by atoms with E-state index in [1.165, 1.54) is 0 Å². The summed E-state index contributed by atoms with van der Waals surface area (Å²) in [7, 11) is 0. The van der Waals surface area contributed by atoms with Gasteiger partial charge in [-0.25, -0.2) is 0 Å². The van der Waals surface area contributed by atoms with Crippen LogP contribution >= 0.6 is 0 Å². The summed E-state index contributed by atoms with van der Waals surface area (Å²) in [6.07, 6.45) is 1.89. The van der Waals surface area contributed by atoms with E-state index in [4.69, 9.17) is 4.52 Å². The Bertz CT molecular complexity index is 972. The van der Waals surface area contributed by atoms with Gasteiger partial charge in [-0.2, -0.15) is 5.10 Å². The lowest BCUT2D eigenvalue weighted by Gasteiger charge is -2.27. The van der Waals surface area contributed by atoms with Gasteiger partial charge in [0.1, 0.15) is 11.8 Å². The van der Waals surface area contributed by atoms with Crippen LogP contribution in [0.1, 0.15) is 36.0 Å². The van der Waals surface area contributed by atoms with Gasteiger partial charge in [0.2, 0.25) is 5.91 Å². The maximum absolute atomic E-state index is 12.7. The molecule has 1 fully saturated rings. The lowest BCUT2D eigenvalue weighted by molar-refractivity contribution is -0.132. The van der Waals surface area contributed by atoms with E-state index in [1.807, 2.05) is 39.9 Å². The summed E-state index contributed by atoms with van der Waals surface area (Å²) in [5.74, 6) is 0.380. The van der Waals surface area contributed by atoms with E-state index in [0.29, 0.717) is 36.8 Å². The number of aromatic nitrogens is 3. The second-order valence-electron chi connectivity index (χ2n) is 7.18. The van der Waals surface area contributed by atoms with Crippen LogP contribution in [-0.2, 0) is 24.3 Å². The van der Waals surface area contributed by atoms with Crippen molar-refractivity contribution in [3.05, 3.63) is 47.4 Å². The number of hydrogen-bond acceptors (Lipinski definition) is 5. The highest BCUT2D eigenvalue weighted by Crippen LogP contribution is 2.40. The number of fused-ring (bicyclic) bond motifs is 2. The molecule has 0 radical (unpaired) electrons. The lowest BCUT2D eigenvalue weighted by atomic mass is 10.1. The molecule has 1 amide bonds. The van der Waals surface area contributed by atoms with E-state index >= 15 is 0 Å². The second-order valence-corrected chi connectivity index (χ2v) is 7.18. The van der Waals surface area contributed by atoms with E-state index in [2.05, 4.69) is 10.3 Å². The summed E-state index contributed by atoms with van der Waals surface area (Å²) < 4.78 is 7.20. The van der Waals surface area contributed by atoms with Crippen molar-refractivity contribution in [3.63, 3.8) is 0 Å². The number of carbonyl (C=O) groups is 1. The highest BCUT2D eigenvalue weighted by Gasteiger charge is 2.33. The Morgan fingerprint density at radius 1 is 1.31 bits per heavy atom. The van der Waals surface area contributed by atoms with E-state index in [1.54, 1.807) is 0 Å². The van der Waals surface area contributed by atoms with E-state index < -0.39 is 6.10 Å². The van der Waals surface area contributed by atoms with Gasteiger partial charge in [0.25, 0.3) is 0 Å². The number of carbonyl (C=O) groups excluding carboxylic acids is 1. The third-order valence-electron chi connectivity index (χ3n) is 5.31. The van der Waals surface area contributed by atoms with Crippen LogP contribution in [-0.4, -0.2) is 37.4 Å². The molecule has 26 heavy (non-hydrogen) atoms. The zero-order valence-electron chi connectivity index (χ0n) is 14.3. The van der Waals surface area contributed by atoms with Gasteiger partial charge in [-0.3, -0.25) is 9.48 Å². The topological polar surface area (TPSA) is 84.4 Å². The van der Waals surface area contributed by atoms with Crippen LogP contribution in [0.25, 0.3) is 11.0 Å². The highest BCUT2D eigenvalue weighted by atomic mass is 16.5. The van der Waals surface area contributed by atoms with Crippen LogP contribution < -0.4 is 0 Å². The largest absolute Gasteiger partial charge is 0.386 e. The smallest absolute Gasteiger partial charge is 0.229 e. The Kier molecular flexibility index (Phi) is 3.56. The van der Waals surface area contributed by atoms with Crippen LogP contribution in [0.15, 0.2) is 34.9 Å². The van der Waals surface area contributed by atoms with Crippen LogP contribution in [0.2, 0.25) is 0 Å². The Morgan fingerprint density at radius 2 is 2.15 bits per heavy atom. The molecule has 7 nitrogen and oxygen atoms in total. The third-order valence-corrected chi connectivity index (χ3v) is 5.31.